The number of hydrogen-bond acceptors (Lipinski definition) is 5. The van der Waals surface area contributed by atoms with Crippen LogP contribution in [-0.4, -0.2) is 55.4 Å². The normalized spacial score (nSPS) is 11.8. The van der Waals surface area contributed by atoms with Crippen LogP contribution in [0, 0.1) is 24.2 Å². The molecule has 0 spiro atoms. The summed E-state index contributed by atoms with van der Waals surface area (Å²) in [6, 6.07) is 12.9. The number of nitrogens with zero attached hydrogens (tertiary/aromatic N) is 2. The van der Waals surface area contributed by atoms with E-state index in [0.717, 1.165) is 16.8 Å². The van der Waals surface area contributed by atoms with Crippen LogP contribution in [0.5, 0.6) is 0 Å². The molecule has 1 aliphatic rings. The van der Waals surface area contributed by atoms with Gasteiger partial charge in [0.1, 0.15) is 5.84 Å². The summed E-state index contributed by atoms with van der Waals surface area (Å²) in [5, 5.41) is 7.70. The number of benzene rings is 2. The summed E-state index contributed by atoms with van der Waals surface area (Å²) in [6.07, 6.45) is 4.21. The SMILES string of the molecule is CCOC(=O)CCN(CC#Cc1ccc(C(=O)N2CC=CC2)c(C)c1)c1cccc(C(=N)N)c1.Cl. The second-order valence-electron chi connectivity index (χ2n) is 7.95. The lowest BCUT2D eigenvalue weighted by Crippen LogP contribution is -2.28. The average molecular weight is 495 g/mol. The van der Waals surface area contributed by atoms with Gasteiger partial charge >= 0.3 is 5.97 Å². The number of nitrogens with one attached hydrogen (secondary N) is 1. The molecule has 0 unspecified atom stereocenters. The van der Waals surface area contributed by atoms with Gasteiger partial charge in [-0.05, 0) is 49.7 Å². The average Bonchev–Trinajstić information content (AvgIpc) is 3.36. The fourth-order valence-electron chi connectivity index (χ4n) is 3.66. The first-order valence-corrected chi connectivity index (χ1v) is 11.3. The molecule has 0 atom stereocenters. The summed E-state index contributed by atoms with van der Waals surface area (Å²) >= 11 is 0. The van der Waals surface area contributed by atoms with E-state index in [-0.39, 0.29) is 36.5 Å². The van der Waals surface area contributed by atoms with E-state index in [9.17, 15) is 9.59 Å². The molecule has 3 N–H and O–H groups in total. The van der Waals surface area contributed by atoms with Gasteiger partial charge < -0.3 is 20.3 Å². The number of carbonyl (C=O) groups excluding carboxylic acids is 2. The number of anilines is 1. The van der Waals surface area contributed by atoms with Gasteiger partial charge in [-0.15, -0.1) is 12.4 Å². The molecule has 2 aromatic carbocycles. The third-order valence-electron chi connectivity index (χ3n) is 5.48. The molecule has 0 bridgehead atoms. The van der Waals surface area contributed by atoms with Gasteiger partial charge in [0.2, 0.25) is 0 Å². The zero-order valence-corrected chi connectivity index (χ0v) is 20.9. The monoisotopic (exact) mass is 494 g/mol. The van der Waals surface area contributed by atoms with Crippen LogP contribution in [-0.2, 0) is 9.53 Å². The number of hydrogen-bond donors (Lipinski definition) is 2. The van der Waals surface area contributed by atoms with Gasteiger partial charge in [0, 0.05) is 42.0 Å². The summed E-state index contributed by atoms with van der Waals surface area (Å²) < 4.78 is 5.05. The van der Waals surface area contributed by atoms with E-state index in [4.69, 9.17) is 15.9 Å². The number of aryl methyl sites for hydroxylation is 1. The molecule has 7 nitrogen and oxygen atoms in total. The molecular formula is C27H31ClN4O3. The maximum Gasteiger partial charge on any atom is 0.307 e. The van der Waals surface area contributed by atoms with Gasteiger partial charge in [-0.3, -0.25) is 15.0 Å². The van der Waals surface area contributed by atoms with Crippen molar-refractivity contribution in [1.82, 2.24) is 4.90 Å². The molecule has 2 aromatic rings. The Hall–Kier alpha value is -3.76. The van der Waals surface area contributed by atoms with Gasteiger partial charge in [0.05, 0.1) is 19.6 Å². The molecule has 1 heterocycles. The highest BCUT2D eigenvalue weighted by Crippen LogP contribution is 2.17. The number of rotatable bonds is 8. The largest absolute Gasteiger partial charge is 0.466 e. The summed E-state index contributed by atoms with van der Waals surface area (Å²) in [7, 11) is 0. The third kappa shape index (κ3) is 7.62. The summed E-state index contributed by atoms with van der Waals surface area (Å²) in [6.45, 7) is 6.12. The highest BCUT2D eigenvalue weighted by molar-refractivity contribution is 5.96. The van der Waals surface area contributed by atoms with Crippen molar-refractivity contribution in [2.45, 2.75) is 20.3 Å². The molecule has 1 amide bonds. The Balaban J connectivity index is 0.00000432. The Morgan fingerprint density at radius 1 is 1.17 bits per heavy atom. The van der Waals surface area contributed by atoms with Crippen molar-refractivity contribution in [2.24, 2.45) is 5.73 Å². The zero-order chi connectivity index (χ0) is 24.5. The van der Waals surface area contributed by atoms with Crippen LogP contribution >= 0.6 is 12.4 Å². The smallest absolute Gasteiger partial charge is 0.307 e. The molecule has 3 rings (SSSR count). The van der Waals surface area contributed by atoms with Crippen molar-refractivity contribution in [2.75, 3.05) is 37.7 Å². The molecule has 0 saturated heterocycles. The van der Waals surface area contributed by atoms with Crippen molar-refractivity contribution in [3.05, 3.63) is 76.9 Å². The number of ether oxygens (including phenoxy) is 1. The minimum atomic E-state index is -0.271. The highest BCUT2D eigenvalue weighted by Gasteiger charge is 2.18. The highest BCUT2D eigenvalue weighted by atomic mass is 35.5. The summed E-state index contributed by atoms with van der Waals surface area (Å²) in [5.41, 5.74) is 9.46. The molecule has 8 heteroatoms. The number of nitrogens with two attached hydrogens (primary N) is 1. The van der Waals surface area contributed by atoms with Crippen LogP contribution < -0.4 is 10.6 Å². The molecule has 35 heavy (non-hydrogen) atoms. The number of amides is 1. The van der Waals surface area contributed by atoms with E-state index < -0.39 is 0 Å². The maximum absolute atomic E-state index is 12.7. The molecule has 0 aromatic heterocycles. The molecule has 0 aliphatic carbocycles. The van der Waals surface area contributed by atoms with Crippen LogP contribution in [0.4, 0.5) is 5.69 Å². The van der Waals surface area contributed by atoms with Gasteiger partial charge in [-0.1, -0.05) is 36.1 Å². The van der Waals surface area contributed by atoms with Gasteiger partial charge in [-0.2, -0.15) is 0 Å². The Labute approximate surface area is 212 Å². The topological polar surface area (TPSA) is 99.7 Å². The molecule has 0 fully saturated rings. The van der Waals surface area contributed by atoms with Gasteiger partial charge in [0.15, 0.2) is 0 Å². The first-order chi connectivity index (χ1) is 16.4. The first-order valence-electron chi connectivity index (χ1n) is 11.3. The van der Waals surface area contributed by atoms with Crippen LogP contribution in [0.15, 0.2) is 54.6 Å². The Morgan fingerprint density at radius 3 is 2.57 bits per heavy atom. The van der Waals surface area contributed by atoms with E-state index in [1.807, 2.05) is 60.4 Å². The molecule has 184 valence electrons. The predicted molar refractivity (Wildman–Crippen MR) is 141 cm³/mol. The molecule has 0 saturated carbocycles. The molecule has 1 aliphatic heterocycles. The quantitative estimate of drug-likeness (QED) is 0.192. The van der Waals surface area contributed by atoms with Crippen molar-refractivity contribution < 1.29 is 14.3 Å². The number of amidine groups is 1. The van der Waals surface area contributed by atoms with Crippen molar-refractivity contribution in [1.29, 1.82) is 5.41 Å². The number of esters is 1. The Bertz CT molecular complexity index is 1160. The Kier molecular flexibility index (Phi) is 10.4. The van der Waals surface area contributed by atoms with E-state index in [2.05, 4.69) is 11.8 Å². The number of halogens is 1. The number of carbonyl (C=O) groups is 2. The summed E-state index contributed by atoms with van der Waals surface area (Å²) in [4.78, 5) is 28.3. The maximum atomic E-state index is 12.7. The lowest BCUT2D eigenvalue weighted by Gasteiger charge is -2.22. The fraction of sp³-hybridized carbons (Fsp3) is 0.296. The Morgan fingerprint density at radius 2 is 1.91 bits per heavy atom. The second-order valence-corrected chi connectivity index (χ2v) is 7.95. The van der Waals surface area contributed by atoms with Crippen LogP contribution in [0.25, 0.3) is 0 Å². The third-order valence-corrected chi connectivity index (χ3v) is 5.48. The zero-order valence-electron chi connectivity index (χ0n) is 20.0. The van der Waals surface area contributed by atoms with E-state index in [0.29, 0.717) is 43.9 Å². The molecule has 0 radical (unpaired) electrons. The fourth-order valence-corrected chi connectivity index (χ4v) is 3.66. The standard InChI is InChI=1S/C27H30N4O3.ClH/c1-3-34-25(32)13-17-30(23-10-6-9-22(19-23)26(28)29)16-7-8-21-11-12-24(20(2)18-21)27(33)31-14-4-5-15-31;/h4-6,9-12,18-19H,3,13-17H2,1-2H3,(H3,28,29);1H. The second kappa shape index (κ2) is 13.2. The predicted octanol–water partition coefficient (Wildman–Crippen LogP) is 3.52. The minimum absolute atomic E-state index is 0. The van der Waals surface area contributed by atoms with E-state index >= 15 is 0 Å². The molecular weight excluding hydrogens is 464 g/mol. The van der Waals surface area contributed by atoms with Crippen molar-refractivity contribution in [3.8, 4) is 11.8 Å². The lowest BCUT2D eigenvalue weighted by molar-refractivity contribution is -0.142. The minimum Gasteiger partial charge on any atom is -0.466 e. The van der Waals surface area contributed by atoms with Crippen LogP contribution in [0.2, 0.25) is 0 Å². The van der Waals surface area contributed by atoms with Gasteiger partial charge in [0.25, 0.3) is 5.91 Å². The lowest BCUT2D eigenvalue weighted by atomic mass is 10.0. The van der Waals surface area contributed by atoms with Gasteiger partial charge in [-0.25, -0.2) is 0 Å². The number of nitrogen functional groups attached to an aromatic ring is 1. The van der Waals surface area contributed by atoms with E-state index in [1.165, 1.54) is 0 Å². The first kappa shape index (κ1) is 27.5. The van der Waals surface area contributed by atoms with Crippen molar-refractivity contribution >= 4 is 35.8 Å². The summed E-state index contributed by atoms with van der Waals surface area (Å²) in [5.74, 6) is 6.06. The van der Waals surface area contributed by atoms with Crippen LogP contribution in [0.1, 0.15) is 40.4 Å². The van der Waals surface area contributed by atoms with E-state index in [1.54, 1.807) is 17.9 Å². The van der Waals surface area contributed by atoms with Crippen LogP contribution in [0.3, 0.4) is 0 Å². The van der Waals surface area contributed by atoms with Crippen molar-refractivity contribution in [3.63, 3.8) is 0 Å².